The zero-order valence-corrected chi connectivity index (χ0v) is 12.5. The molecule has 3 N–H and O–H groups in total. The Bertz CT molecular complexity index is 435. The molecule has 1 rings (SSSR count). The SMILES string of the molecule is CC(NCc1c(O)cccc1Cl)C(=O)NC(C)(C)C. The minimum Gasteiger partial charge on any atom is -0.508 e. The van der Waals surface area contributed by atoms with Crippen molar-refractivity contribution in [2.45, 2.75) is 45.8 Å². The summed E-state index contributed by atoms with van der Waals surface area (Å²) in [6.07, 6.45) is 0. The van der Waals surface area contributed by atoms with Crippen molar-refractivity contribution in [3.05, 3.63) is 28.8 Å². The Hall–Kier alpha value is -1.26. The van der Waals surface area contributed by atoms with E-state index in [1.165, 1.54) is 0 Å². The molecule has 0 fully saturated rings. The van der Waals surface area contributed by atoms with Gasteiger partial charge >= 0.3 is 0 Å². The van der Waals surface area contributed by atoms with Crippen LogP contribution < -0.4 is 10.6 Å². The zero-order valence-electron chi connectivity index (χ0n) is 11.7. The lowest BCUT2D eigenvalue weighted by molar-refractivity contribution is -0.124. The number of nitrogens with one attached hydrogen (secondary N) is 2. The number of halogens is 1. The third-order valence-corrected chi connectivity index (χ3v) is 2.92. The van der Waals surface area contributed by atoms with Gasteiger partial charge in [0.25, 0.3) is 0 Å². The summed E-state index contributed by atoms with van der Waals surface area (Å²) in [4.78, 5) is 11.9. The molecule has 0 aliphatic heterocycles. The van der Waals surface area contributed by atoms with Crippen LogP contribution in [0.3, 0.4) is 0 Å². The fourth-order valence-corrected chi connectivity index (χ4v) is 1.78. The smallest absolute Gasteiger partial charge is 0.237 e. The molecule has 0 aliphatic carbocycles. The summed E-state index contributed by atoms with van der Waals surface area (Å²) in [5.74, 6) is 0.0440. The number of hydrogen-bond acceptors (Lipinski definition) is 3. The average Bonchev–Trinajstić information content (AvgIpc) is 2.25. The van der Waals surface area contributed by atoms with Crippen LogP contribution in [0, 0.1) is 0 Å². The molecule has 0 saturated carbocycles. The predicted octanol–water partition coefficient (Wildman–Crippen LogP) is 2.44. The van der Waals surface area contributed by atoms with Gasteiger partial charge in [0.05, 0.1) is 6.04 Å². The lowest BCUT2D eigenvalue weighted by Gasteiger charge is -2.24. The lowest BCUT2D eigenvalue weighted by Crippen LogP contribution is -2.49. The molecular weight excluding hydrogens is 264 g/mol. The molecule has 1 atom stereocenters. The second-order valence-electron chi connectivity index (χ2n) is 5.58. The Balaban J connectivity index is 2.59. The first-order chi connectivity index (χ1) is 8.70. The van der Waals surface area contributed by atoms with Crippen molar-refractivity contribution in [3.8, 4) is 5.75 Å². The third-order valence-electron chi connectivity index (χ3n) is 2.57. The summed E-state index contributed by atoms with van der Waals surface area (Å²) in [5, 5.41) is 16.1. The van der Waals surface area contributed by atoms with Crippen molar-refractivity contribution in [1.82, 2.24) is 10.6 Å². The summed E-state index contributed by atoms with van der Waals surface area (Å²) < 4.78 is 0. The van der Waals surface area contributed by atoms with Crippen LogP contribution in [0.15, 0.2) is 18.2 Å². The van der Waals surface area contributed by atoms with Crippen LogP contribution in [-0.2, 0) is 11.3 Å². The van der Waals surface area contributed by atoms with E-state index in [2.05, 4.69) is 10.6 Å². The average molecular weight is 285 g/mol. The van der Waals surface area contributed by atoms with E-state index in [-0.39, 0.29) is 23.2 Å². The predicted molar refractivity (Wildman–Crippen MR) is 77.3 cm³/mol. The summed E-state index contributed by atoms with van der Waals surface area (Å²) in [6.45, 7) is 7.89. The molecule has 1 aromatic carbocycles. The van der Waals surface area contributed by atoms with Crippen LogP contribution >= 0.6 is 11.6 Å². The number of carbonyl (C=O) groups is 1. The highest BCUT2D eigenvalue weighted by atomic mass is 35.5. The minimum absolute atomic E-state index is 0.0842. The number of hydrogen-bond donors (Lipinski definition) is 3. The first-order valence-electron chi connectivity index (χ1n) is 6.22. The molecule has 0 heterocycles. The quantitative estimate of drug-likeness (QED) is 0.796. The van der Waals surface area contributed by atoms with Gasteiger partial charge in [-0.1, -0.05) is 17.7 Å². The highest BCUT2D eigenvalue weighted by Gasteiger charge is 2.19. The minimum atomic E-state index is -0.366. The second-order valence-corrected chi connectivity index (χ2v) is 5.99. The van der Waals surface area contributed by atoms with Crippen molar-refractivity contribution in [2.24, 2.45) is 0 Å². The largest absolute Gasteiger partial charge is 0.508 e. The maximum Gasteiger partial charge on any atom is 0.237 e. The molecule has 0 saturated heterocycles. The maximum absolute atomic E-state index is 11.9. The molecule has 0 aliphatic rings. The molecule has 19 heavy (non-hydrogen) atoms. The Labute approximate surface area is 119 Å². The summed E-state index contributed by atoms with van der Waals surface area (Å²) in [6, 6.07) is 4.59. The molecule has 1 amide bonds. The fourth-order valence-electron chi connectivity index (χ4n) is 1.55. The van der Waals surface area contributed by atoms with Gasteiger partial charge in [-0.2, -0.15) is 0 Å². The summed E-state index contributed by atoms with van der Waals surface area (Å²) >= 11 is 6.00. The van der Waals surface area contributed by atoms with Crippen LogP contribution in [0.1, 0.15) is 33.3 Å². The Morgan fingerprint density at radius 1 is 1.42 bits per heavy atom. The Morgan fingerprint density at radius 3 is 2.58 bits per heavy atom. The molecule has 5 heteroatoms. The number of phenols is 1. The maximum atomic E-state index is 11.9. The van der Waals surface area contributed by atoms with Crippen LogP contribution in [0.5, 0.6) is 5.75 Å². The van der Waals surface area contributed by atoms with Gasteiger partial charge in [0.15, 0.2) is 0 Å². The topological polar surface area (TPSA) is 61.4 Å². The van der Waals surface area contributed by atoms with E-state index < -0.39 is 0 Å². The number of phenolic OH excluding ortho intramolecular Hbond substituents is 1. The van der Waals surface area contributed by atoms with Gasteiger partial charge in [-0.15, -0.1) is 0 Å². The van der Waals surface area contributed by atoms with Gasteiger partial charge in [0.2, 0.25) is 5.91 Å². The van der Waals surface area contributed by atoms with Crippen molar-refractivity contribution in [3.63, 3.8) is 0 Å². The van der Waals surface area contributed by atoms with Crippen molar-refractivity contribution < 1.29 is 9.90 Å². The van der Waals surface area contributed by atoms with Gasteiger partial charge in [-0.25, -0.2) is 0 Å². The van der Waals surface area contributed by atoms with Crippen molar-refractivity contribution >= 4 is 17.5 Å². The van der Waals surface area contributed by atoms with Crippen LogP contribution in [0.25, 0.3) is 0 Å². The number of amides is 1. The van der Waals surface area contributed by atoms with Gasteiger partial charge in [0.1, 0.15) is 5.75 Å². The van der Waals surface area contributed by atoms with E-state index in [9.17, 15) is 9.90 Å². The molecule has 106 valence electrons. The molecule has 1 unspecified atom stereocenters. The van der Waals surface area contributed by atoms with Crippen molar-refractivity contribution in [1.29, 1.82) is 0 Å². The van der Waals surface area contributed by atoms with E-state index in [0.29, 0.717) is 17.1 Å². The molecule has 4 nitrogen and oxygen atoms in total. The van der Waals surface area contributed by atoms with Crippen LogP contribution in [-0.4, -0.2) is 22.6 Å². The highest BCUT2D eigenvalue weighted by molar-refractivity contribution is 6.31. The Kier molecular flexibility index (Phi) is 5.20. The van der Waals surface area contributed by atoms with Gasteiger partial charge in [-0.05, 0) is 39.8 Å². The number of benzene rings is 1. The lowest BCUT2D eigenvalue weighted by atomic mass is 10.1. The monoisotopic (exact) mass is 284 g/mol. The van der Waals surface area contributed by atoms with E-state index in [0.717, 1.165) is 0 Å². The van der Waals surface area contributed by atoms with Crippen LogP contribution in [0.2, 0.25) is 5.02 Å². The molecule has 0 radical (unpaired) electrons. The number of carbonyl (C=O) groups excluding carboxylic acids is 1. The first-order valence-corrected chi connectivity index (χ1v) is 6.60. The summed E-state index contributed by atoms with van der Waals surface area (Å²) in [5.41, 5.74) is 0.332. The Morgan fingerprint density at radius 2 is 2.05 bits per heavy atom. The van der Waals surface area contributed by atoms with E-state index in [4.69, 9.17) is 11.6 Å². The van der Waals surface area contributed by atoms with E-state index in [1.807, 2.05) is 20.8 Å². The van der Waals surface area contributed by atoms with Crippen molar-refractivity contribution in [2.75, 3.05) is 0 Å². The third kappa shape index (κ3) is 5.09. The number of aromatic hydroxyl groups is 1. The fraction of sp³-hybridized carbons (Fsp3) is 0.500. The molecule has 1 aromatic rings. The standard InChI is InChI=1S/C14H21ClN2O2/c1-9(13(19)17-14(2,3)4)16-8-10-11(15)6-5-7-12(10)18/h5-7,9,16,18H,8H2,1-4H3,(H,17,19). The molecule has 0 bridgehead atoms. The molecule has 0 aromatic heterocycles. The van der Waals surface area contributed by atoms with Gasteiger partial charge in [0, 0.05) is 22.7 Å². The van der Waals surface area contributed by atoms with Gasteiger partial charge < -0.3 is 15.7 Å². The first kappa shape index (κ1) is 15.8. The molecule has 0 spiro atoms. The molecular formula is C14H21ClN2O2. The highest BCUT2D eigenvalue weighted by Crippen LogP contribution is 2.24. The zero-order chi connectivity index (χ0) is 14.6. The normalized spacial score (nSPS) is 13.1. The number of rotatable bonds is 4. The summed E-state index contributed by atoms with van der Waals surface area (Å²) in [7, 11) is 0. The van der Waals surface area contributed by atoms with Gasteiger partial charge in [-0.3, -0.25) is 4.79 Å². The van der Waals surface area contributed by atoms with E-state index >= 15 is 0 Å². The van der Waals surface area contributed by atoms with Crippen LogP contribution in [0.4, 0.5) is 0 Å². The second kappa shape index (κ2) is 6.26. The van der Waals surface area contributed by atoms with E-state index in [1.54, 1.807) is 25.1 Å².